The molecule has 0 saturated heterocycles. The first kappa shape index (κ1) is 19.4. The Morgan fingerprint density at radius 3 is 2.65 bits per heavy atom. The zero-order valence-electron chi connectivity index (χ0n) is 15.4. The summed E-state index contributed by atoms with van der Waals surface area (Å²) in [5.74, 6) is -0.0429. The molecule has 26 heavy (non-hydrogen) atoms. The minimum absolute atomic E-state index is 0.0466. The van der Waals surface area contributed by atoms with Crippen molar-refractivity contribution in [1.29, 1.82) is 5.26 Å². The summed E-state index contributed by atoms with van der Waals surface area (Å²) in [6, 6.07) is 6.63. The summed E-state index contributed by atoms with van der Waals surface area (Å²) in [6.07, 6.45) is 5.61. The zero-order chi connectivity index (χ0) is 19.3. The van der Waals surface area contributed by atoms with Crippen molar-refractivity contribution in [1.82, 2.24) is 5.32 Å². The molecule has 0 bridgehead atoms. The molecular formula is C19H24N4O3. The smallest absolute Gasteiger partial charge is 0.293 e. The number of nitro benzene ring substituents is 1. The number of nitrogens with one attached hydrogen (secondary N) is 1. The molecule has 1 aliphatic rings. The van der Waals surface area contributed by atoms with Crippen LogP contribution >= 0.6 is 0 Å². The second-order valence-electron chi connectivity index (χ2n) is 6.91. The van der Waals surface area contributed by atoms with Gasteiger partial charge in [-0.05, 0) is 36.5 Å². The molecule has 138 valence electrons. The maximum Gasteiger partial charge on any atom is 0.293 e. The van der Waals surface area contributed by atoms with Gasteiger partial charge in [0.25, 0.3) is 11.6 Å². The Labute approximate surface area is 153 Å². The topological polar surface area (TPSA) is 99.3 Å². The summed E-state index contributed by atoms with van der Waals surface area (Å²) in [6.45, 7) is 2.10. The van der Waals surface area contributed by atoms with Gasteiger partial charge in [-0.1, -0.05) is 25.8 Å². The summed E-state index contributed by atoms with van der Waals surface area (Å²) in [5, 5.41) is 23.6. The lowest BCUT2D eigenvalue weighted by atomic mass is 9.86. The first-order valence-corrected chi connectivity index (χ1v) is 8.72. The molecule has 1 aromatic rings. The van der Waals surface area contributed by atoms with E-state index in [0.29, 0.717) is 17.2 Å². The van der Waals surface area contributed by atoms with E-state index in [1.54, 1.807) is 31.1 Å². The number of rotatable bonds is 5. The first-order valence-electron chi connectivity index (χ1n) is 8.72. The molecule has 1 saturated carbocycles. The molecule has 1 amide bonds. The highest BCUT2D eigenvalue weighted by molar-refractivity contribution is 6.02. The van der Waals surface area contributed by atoms with Gasteiger partial charge in [0.1, 0.15) is 17.3 Å². The third kappa shape index (κ3) is 4.60. The van der Waals surface area contributed by atoms with Crippen LogP contribution in [0.2, 0.25) is 0 Å². The zero-order valence-corrected chi connectivity index (χ0v) is 15.4. The molecule has 0 spiro atoms. The SMILES string of the molecule is C[C@@H]1CCCC[C@@H]1NC(=O)/C(C#N)=C/c1ccc(N(C)C)c([N+](=O)[O-])c1. The highest BCUT2D eigenvalue weighted by Crippen LogP contribution is 2.29. The van der Waals surface area contributed by atoms with Crippen molar-refractivity contribution in [2.45, 2.75) is 38.6 Å². The van der Waals surface area contributed by atoms with Gasteiger partial charge in [0.2, 0.25) is 0 Å². The summed E-state index contributed by atoms with van der Waals surface area (Å²) in [7, 11) is 3.44. The molecule has 0 unspecified atom stereocenters. The largest absolute Gasteiger partial charge is 0.372 e. The van der Waals surface area contributed by atoms with Crippen molar-refractivity contribution in [3.63, 3.8) is 0 Å². The molecule has 1 aromatic carbocycles. The van der Waals surface area contributed by atoms with Crippen molar-refractivity contribution in [3.05, 3.63) is 39.4 Å². The first-order chi connectivity index (χ1) is 12.3. The molecule has 7 heteroatoms. The van der Waals surface area contributed by atoms with Crippen LogP contribution in [0.15, 0.2) is 23.8 Å². The van der Waals surface area contributed by atoms with Crippen molar-refractivity contribution in [3.8, 4) is 6.07 Å². The third-order valence-corrected chi connectivity index (χ3v) is 4.78. The molecular weight excluding hydrogens is 332 g/mol. The van der Waals surface area contributed by atoms with Crippen LogP contribution in [0.3, 0.4) is 0 Å². The lowest BCUT2D eigenvalue weighted by Gasteiger charge is -2.29. The van der Waals surface area contributed by atoms with Crippen LogP contribution < -0.4 is 10.2 Å². The average molecular weight is 356 g/mol. The fourth-order valence-electron chi connectivity index (χ4n) is 3.25. The van der Waals surface area contributed by atoms with E-state index in [9.17, 15) is 20.2 Å². The van der Waals surface area contributed by atoms with E-state index in [4.69, 9.17) is 0 Å². The van der Waals surface area contributed by atoms with Gasteiger partial charge in [0.15, 0.2) is 0 Å². The monoisotopic (exact) mass is 356 g/mol. The molecule has 1 N–H and O–H groups in total. The van der Waals surface area contributed by atoms with Crippen LogP contribution in [-0.4, -0.2) is 31.0 Å². The number of anilines is 1. The van der Waals surface area contributed by atoms with Gasteiger partial charge >= 0.3 is 0 Å². The molecule has 0 aliphatic heterocycles. The van der Waals surface area contributed by atoms with E-state index in [1.807, 2.05) is 6.07 Å². The Kier molecular flexibility index (Phi) is 6.34. The summed E-state index contributed by atoms with van der Waals surface area (Å²) in [5.41, 5.74) is 0.800. The van der Waals surface area contributed by atoms with Gasteiger partial charge in [0.05, 0.1) is 4.92 Å². The van der Waals surface area contributed by atoms with E-state index < -0.39 is 10.8 Å². The van der Waals surface area contributed by atoms with Crippen molar-refractivity contribution in [2.75, 3.05) is 19.0 Å². The van der Waals surface area contributed by atoms with E-state index >= 15 is 0 Å². The minimum atomic E-state index is -0.470. The van der Waals surface area contributed by atoms with Crippen LogP contribution in [-0.2, 0) is 4.79 Å². The van der Waals surface area contributed by atoms with Crippen LogP contribution in [0.25, 0.3) is 6.08 Å². The van der Waals surface area contributed by atoms with Gasteiger partial charge in [0, 0.05) is 26.2 Å². The molecule has 0 radical (unpaired) electrons. The van der Waals surface area contributed by atoms with E-state index in [2.05, 4.69) is 12.2 Å². The number of carbonyl (C=O) groups excluding carboxylic acids is 1. The Morgan fingerprint density at radius 2 is 2.08 bits per heavy atom. The van der Waals surface area contributed by atoms with Crippen LogP contribution in [0.5, 0.6) is 0 Å². The van der Waals surface area contributed by atoms with Gasteiger partial charge in [-0.15, -0.1) is 0 Å². The molecule has 0 heterocycles. The highest BCUT2D eigenvalue weighted by atomic mass is 16.6. The van der Waals surface area contributed by atoms with Crippen LogP contribution in [0.4, 0.5) is 11.4 Å². The maximum absolute atomic E-state index is 12.4. The Morgan fingerprint density at radius 1 is 1.38 bits per heavy atom. The normalized spacial score (nSPS) is 20.2. The summed E-state index contributed by atoms with van der Waals surface area (Å²) in [4.78, 5) is 24.9. The van der Waals surface area contributed by atoms with Crippen LogP contribution in [0.1, 0.15) is 38.2 Å². The number of nitro groups is 1. The second-order valence-corrected chi connectivity index (χ2v) is 6.91. The summed E-state index contributed by atoms with van der Waals surface area (Å²) < 4.78 is 0. The molecule has 2 atom stereocenters. The Bertz CT molecular complexity index is 765. The van der Waals surface area contributed by atoms with Gasteiger partial charge < -0.3 is 10.2 Å². The average Bonchev–Trinajstić information content (AvgIpc) is 2.61. The maximum atomic E-state index is 12.4. The van der Waals surface area contributed by atoms with Crippen molar-refractivity contribution in [2.24, 2.45) is 5.92 Å². The molecule has 2 rings (SSSR count). The fraction of sp³-hybridized carbons (Fsp3) is 0.474. The third-order valence-electron chi connectivity index (χ3n) is 4.78. The predicted molar refractivity (Wildman–Crippen MR) is 101 cm³/mol. The lowest BCUT2D eigenvalue weighted by Crippen LogP contribution is -2.41. The van der Waals surface area contributed by atoms with Gasteiger partial charge in [-0.25, -0.2) is 0 Å². The number of carbonyl (C=O) groups is 1. The highest BCUT2D eigenvalue weighted by Gasteiger charge is 2.24. The number of nitrogens with zero attached hydrogens (tertiary/aromatic N) is 3. The molecule has 1 fully saturated rings. The van der Waals surface area contributed by atoms with Crippen molar-refractivity contribution >= 4 is 23.4 Å². The van der Waals surface area contributed by atoms with Gasteiger partial charge in [-0.3, -0.25) is 14.9 Å². The number of benzene rings is 1. The number of hydrogen-bond donors (Lipinski definition) is 1. The standard InChI is InChI=1S/C19H24N4O3/c1-13-6-4-5-7-16(13)21-19(24)15(12-20)10-14-8-9-17(22(2)3)18(11-14)23(25)26/h8-11,13,16H,4-7H2,1-3H3,(H,21,24)/b15-10+/t13-,16+/m1/s1. The van der Waals surface area contributed by atoms with E-state index in [1.165, 1.54) is 12.1 Å². The Hall–Kier alpha value is -2.88. The van der Waals surface area contributed by atoms with Crippen molar-refractivity contribution < 1.29 is 9.72 Å². The molecule has 0 aromatic heterocycles. The number of amides is 1. The Balaban J connectivity index is 2.25. The van der Waals surface area contributed by atoms with Crippen LogP contribution in [0, 0.1) is 27.4 Å². The minimum Gasteiger partial charge on any atom is -0.372 e. The lowest BCUT2D eigenvalue weighted by molar-refractivity contribution is -0.384. The predicted octanol–water partition coefficient (Wildman–Crippen LogP) is 3.26. The quantitative estimate of drug-likeness (QED) is 0.378. The fourth-order valence-corrected chi connectivity index (χ4v) is 3.25. The summed E-state index contributed by atoms with van der Waals surface area (Å²) >= 11 is 0. The second kappa shape index (κ2) is 8.48. The number of hydrogen-bond acceptors (Lipinski definition) is 5. The van der Waals surface area contributed by atoms with E-state index in [0.717, 1.165) is 25.7 Å². The van der Waals surface area contributed by atoms with E-state index in [-0.39, 0.29) is 17.3 Å². The molecule has 1 aliphatic carbocycles. The molecule has 7 nitrogen and oxygen atoms in total. The number of nitriles is 1. The van der Waals surface area contributed by atoms with Gasteiger partial charge in [-0.2, -0.15) is 5.26 Å².